The summed E-state index contributed by atoms with van der Waals surface area (Å²) >= 11 is 0. The summed E-state index contributed by atoms with van der Waals surface area (Å²) in [7, 11) is 0. The topological polar surface area (TPSA) is 89.1 Å². The highest BCUT2D eigenvalue weighted by molar-refractivity contribution is 5.96. The molecule has 0 bridgehead atoms. The molecule has 0 radical (unpaired) electrons. The third-order valence-corrected chi connectivity index (χ3v) is 5.19. The Morgan fingerprint density at radius 2 is 2.00 bits per heavy atom. The van der Waals surface area contributed by atoms with Crippen LogP contribution < -0.4 is 10.6 Å². The van der Waals surface area contributed by atoms with Crippen LogP contribution in [0.15, 0.2) is 36.9 Å². The number of anilines is 2. The summed E-state index contributed by atoms with van der Waals surface area (Å²) in [5.41, 5.74) is -1.53. The third-order valence-electron chi connectivity index (χ3n) is 5.19. The normalized spacial score (nSPS) is 11.6. The van der Waals surface area contributed by atoms with Crippen LogP contribution in [0, 0.1) is 25.1 Å². The number of aromatic nitrogens is 5. The van der Waals surface area contributed by atoms with Crippen molar-refractivity contribution in [3.05, 3.63) is 59.6 Å². The van der Waals surface area contributed by atoms with Crippen LogP contribution in [-0.2, 0) is 12.7 Å². The van der Waals surface area contributed by atoms with Crippen LogP contribution in [0.5, 0.6) is 0 Å². The Labute approximate surface area is 205 Å². The number of hydrogen-bond acceptors (Lipinski definition) is 5. The lowest BCUT2D eigenvalue weighted by atomic mass is 10.1. The molecular formula is C23H17F6N7O. The fourth-order valence-electron chi connectivity index (χ4n) is 3.72. The van der Waals surface area contributed by atoms with Gasteiger partial charge in [-0.2, -0.15) is 18.3 Å². The summed E-state index contributed by atoms with van der Waals surface area (Å²) in [6.45, 7) is 0.412. The summed E-state index contributed by atoms with van der Waals surface area (Å²) in [4.78, 5) is 20.4. The van der Waals surface area contributed by atoms with E-state index < -0.39 is 42.1 Å². The smallest absolute Gasteiger partial charge is 0.341 e. The van der Waals surface area contributed by atoms with E-state index in [1.807, 2.05) is 0 Å². The second-order valence-corrected chi connectivity index (χ2v) is 7.78. The molecule has 0 saturated heterocycles. The summed E-state index contributed by atoms with van der Waals surface area (Å²) in [6, 6.07) is 2.52. The van der Waals surface area contributed by atoms with Gasteiger partial charge in [0.05, 0.1) is 29.6 Å². The molecule has 14 heteroatoms. The number of amides is 1. The number of aryl methyl sites for hydroxylation is 1. The number of rotatable bonds is 7. The number of imidazole rings is 1. The van der Waals surface area contributed by atoms with E-state index in [0.717, 1.165) is 18.5 Å². The van der Waals surface area contributed by atoms with Crippen LogP contribution >= 0.6 is 0 Å². The van der Waals surface area contributed by atoms with Gasteiger partial charge in [-0.1, -0.05) is 5.92 Å². The molecule has 0 spiro atoms. The predicted octanol–water partition coefficient (Wildman–Crippen LogP) is 4.43. The third kappa shape index (κ3) is 5.20. The first kappa shape index (κ1) is 25.5. The lowest BCUT2D eigenvalue weighted by Crippen LogP contribution is -2.25. The largest absolute Gasteiger partial charge is 0.435 e. The van der Waals surface area contributed by atoms with Gasteiger partial charge in [0.2, 0.25) is 0 Å². The molecule has 1 aromatic carbocycles. The van der Waals surface area contributed by atoms with E-state index in [4.69, 9.17) is 6.42 Å². The van der Waals surface area contributed by atoms with Gasteiger partial charge in [0, 0.05) is 24.3 Å². The Morgan fingerprint density at radius 1 is 1.24 bits per heavy atom. The summed E-state index contributed by atoms with van der Waals surface area (Å²) in [6.07, 6.45) is 1.87. The van der Waals surface area contributed by atoms with Gasteiger partial charge in [-0.25, -0.2) is 23.1 Å². The molecule has 192 valence electrons. The summed E-state index contributed by atoms with van der Waals surface area (Å²) in [5, 5.41) is 8.51. The molecule has 8 nitrogen and oxygen atoms in total. The van der Waals surface area contributed by atoms with Gasteiger partial charge in [0.15, 0.2) is 17.2 Å². The van der Waals surface area contributed by atoms with Crippen LogP contribution in [-0.4, -0.2) is 43.0 Å². The number of carbonyl (C=O) groups is 1. The average molecular weight is 521 g/mol. The maximum absolute atomic E-state index is 14.7. The summed E-state index contributed by atoms with van der Waals surface area (Å²) in [5.74, 6) is 0.751. The molecule has 2 N–H and O–H groups in total. The molecule has 0 unspecified atom stereocenters. The van der Waals surface area contributed by atoms with E-state index in [9.17, 15) is 31.1 Å². The van der Waals surface area contributed by atoms with E-state index in [1.54, 1.807) is 0 Å². The molecule has 3 aromatic heterocycles. The second-order valence-electron chi connectivity index (χ2n) is 7.78. The average Bonchev–Trinajstić information content (AvgIpc) is 3.41. The van der Waals surface area contributed by atoms with Crippen molar-refractivity contribution in [2.75, 3.05) is 11.9 Å². The standard InChI is InChI=1S/C23H17F6N7O/c1-3-4-31-22(37)18-12(2)7-13(8-15(18)24)33-20-21-32-9-16(36(21)6-5-30-20)14-10-35(11-17(25)26)34-19(14)23(27,28)29/h1,5-10,17H,4,11H2,2H3,(H,30,33)(H,31,37). The lowest BCUT2D eigenvalue weighted by molar-refractivity contribution is -0.141. The van der Waals surface area contributed by atoms with Gasteiger partial charge in [-0.3, -0.25) is 13.9 Å². The first-order valence-corrected chi connectivity index (χ1v) is 10.5. The molecule has 1 amide bonds. The van der Waals surface area contributed by atoms with Crippen LogP contribution in [0.4, 0.5) is 37.8 Å². The van der Waals surface area contributed by atoms with Crippen molar-refractivity contribution >= 4 is 23.1 Å². The molecule has 3 heterocycles. The highest BCUT2D eigenvalue weighted by Gasteiger charge is 2.38. The van der Waals surface area contributed by atoms with E-state index in [0.29, 0.717) is 4.68 Å². The van der Waals surface area contributed by atoms with Gasteiger partial charge in [0.1, 0.15) is 12.4 Å². The maximum atomic E-state index is 14.7. The van der Waals surface area contributed by atoms with Crippen LogP contribution in [0.2, 0.25) is 0 Å². The highest BCUT2D eigenvalue weighted by Crippen LogP contribution is 2.37. The minimum Gasteiger partial charge on any atom is -0.341 e. The Kier molecular flexibility index (Phi) is 6.80. The Morgan fingerprint density at radius 3 is 2.65 bits per heavy atom. The van der Waals surface area contributed by atoms with Crippen molar-refractivity contribution in [2.45, 2.75) is 26.1 Å². The number of hydrogen-bond donors (Lipinski definition) is 2. The molecule has 0 atom stereocenters. The highest BCUT2D eigenvalue weighted by atomic mass is 19.4. The van der Waals surface area contributed by atoms with Crippen LogP contribution in [0.3, 0.4) is 0 Å². The number of fused-ring (bicyclic) bond motifs is 1. The van der Waals surface area contributed by atoms with Gasteiger partial charge < -0.3 is 10.6 Å². The van der Waals surface area contributed by atoms with Crippen molar-refractivity contribution in [1.29, 1.82) is 0 Å². The maximum Gasteiger partial charge on any atom is 0.435 e. The predicted molar refractivity (Wildman–Crippen MR) is 121 cm³/mol. The van der Waals surface area contributed by atoms with Gasteiger partial charge >= 0.3 is 6.18 Å². The van der Waals surface area contributed by atoms with Crippen molar-refractivity contribution in [2.24, 2.45) is 0 Å². The van der Waals surface area contributed by atoms with E-state index in [2.05, 4.69) is 31.6 Å². The second kappa shape index (κ2) is 9.84. The zero-order valence-corrected chi connectivity index (χ0v) is 18.9. The Bertz CT molecular complexity index is 1490. The van der Waals surface area contributed by atoms with Crippen molar-refractivity contribution in [3.8, 4) is 23.6 Å². The zero-order valence-electron chi connectivity index (χ0n) is 18.9. The lowest BCUT2D eigenvalue weighted by Gasteiger charge is -2.12. The quantitative estimate of drug-likeness (QED) is 0.278. The van der Waals surface area contributed by atoms with E-state index >= 15 is 0 Å². The minimum absolute atomic E-state index is 0.0608. The Hall–Kier alpha value is -4.54. The van der Waals surface area contributed by atoms with E-state index in [-0.39, 0.29) is 40.5 Å². The molecule has 0 fully saturated rings. The van der Waals surface area contributed by atoms with Gasteiger partial charge in [-0.05, 0) is 24.6 Å². The number of nitrogens with one attached hydrogen (secondary N) is 2. The van der Waals surface area contributed by atoms with Crippen molar-refractivity contribution < 1.29 is 31.1 Å². The molecule has 4 aromatic rings. The number of halogens is 6. The molecule has 0 aliphatic heterocycles. The fraction of sp³-hybridized carbons (Fsp3) is 0.217. The first-order chi connectivity index (χ1) is 17.5. The molecule has 0 aliphatic rings. The fourth-order valence-corrected chi connectivity index (χ4v) is 3.72. The van der Waals surface area contributed by atoms with Crippen molar-refractivity contribution in [3.63, 3.8) is 0 Å². The van der Waals surface area contributed by atoms with Crippen LogP contribution in [0.25, 0.3) is 16.9 Å². The number of nitrogens with zero attached hydrogens (tertiary/aromatic N) is 5. The van der Waals surface area contributed by atoms with E-state index in [1.165, 1.54) is 29.8 Å². The summed E-state index contributed by atoms with van der Waals surface area (Å²) < 4.78 is 82.8. The molecule has 37 heavy (non-hydrogen) atoms. The minimum atomic E-state index is -4.91. The Balaban J connectivity index is 1.72. The number of terminal acetylenes is 1. The first-order valence-electron chi connectivity index (χ1n) is 10.5. The SMILES string of the molecule is C#CCNC(=O)c1c(C)cc(Nc2nccn3c(-c4cn(CC(F)F)nc4C(F)(F)F)cnc23)cc1F. The molecule has 0 saturated carbocycles. The van der Waals surface area contributed by atoms with Crippen LogP contribution in [0.1, 0.15) is 21.6 Å². The zero-order chi connectivity index (χ0) is 26.9. The number of benzene rings is 1. The van der Waals surface area contributed by atoms with Gasteiger partial charge in [-0.15, -0.1) is 6.42 Å². The molecule has 0 aliphatic carbocycles. The molecular weight excluding hydrogens is 504 g/mol. The molecule has 4 rings (SSSR count). The number of alkyl halides is 5. The monoisotopic (exact) mass is 521 g/mol. The van der Waals surface area contributed by atoms with Crippen molar-refractivity contribution in [1.82, 2.24) is 29.5 Å². The number of carbonyl (C=O) groups excluding carboxylic acids is 1. The van der Waals surface area contributed by atoms with Gasteiger partial charge in [0.25, 0.3) is 12.3 Å².